The second-order valence-corrected chi connectivity index (χ2v) is 6.90. The van der Waals surface area contributed by atoms with E-state index >= 15 is 0 Å². The summed E-state index contributed by atoms with van der Waals surface area (Å²) in [5.74, 6) is 3.38. The standard InChI is InChI=1S/C13H25NOS/c1-11-2-6-13(15,7-3-11)10-14-12-4-8-16-9-5-12/h11-12,14-15H,2-10H2,1H3. The minimum Gasteiger partial charge on any atom is -0.389 e. The molecule has 2 N–H and O–H groups in total. The molecule has 0 bridgehead atoms. The van der Waals surface area contributed by atoms with Crippen LogP contribution in [0.15, 0.2) is 0 Å². The molecule has 0 radical (unpaired) electrons. The zero-order chi connectivity index (χ0) is 11.4. The van der Waals surface area contributed by atoms with Crippen molar-refractivity contribution in [2.75, 3.05) is 18.1 Å². The van der Waals surface area contributed by atoms with Crippen molar-refractivity contribution >= 4 is 11.8 Å². The molecule has 0 atom stereocenters. The molecule has 1 aliphatic carbocycles. The molecular weight excluding hydrogens is 218 g/mol. The van der Waals surface area contributed by atoms with Gasteiger partial charge in [-0.25, -0.2) is 0 Å². The second kappa shape index (κ2) is 5.74. The van der Waals surface area contributed by atoms with Crippen LogP contribution in [0.5, 0.6) is 0 Å². The lowest BCUT2D eigenvalue weighted by molar-refractivity contribution is -0.00833. The lowest BCUT2D eigenvalue weighted by Crippen LogP contribution is -2.47. The highest BCUT2D eigenvalue weighted by molar-refractivity contribution is 7.99. The fraction of sp³-hybridized carbons (Fsp3) is 1.00. The monoisotopic (exact) mass is 243 g/mol. The van der Waals surface area contributed by atoms with Crippen molar-refractivity contribution in [1.29, 1.82) is 0 Å². The summed E-state index contributed by atoms with van der Waals surface area (Å²) >= 11 is 2.06. The third-order valence-corrected chi connectivity index (χ3v) is 5.19. The molecule has 0 aromatic heterocycles. The van der Waals surface area contributed by atoms with Crippen molar-refractivity contribution in [3.8, 4) is 0 Å². The normalized spacial score (nSPS) is 37.5. The van der Waals surface area contributed by atoms with Crippen LogP contribution in [0.4, 0.5) is 0 Å². The molecule has 1 saturated carbocycles. The molecule has 1 heterocycles. The smallest absolute Gasteiger partial charge is 0.0771 e. The highest BCUT2D eigenvalue weighted by atomic mass is 32.2. The SMILES string of the molecule is CC1CCC(O)(CNC2CCSCC2)CC1. The number of thioether (sulfide) groups is 1. The number of hydrogen-bond acceptors (Lipinski definition) is 3. The summed E-state index contributed by atoms with van der Waals surface area (Å²) in [5, 5.41) is 14.0. The molecule has 2 fully saturated rings. The van der Waals surface area contributed by atoms with Gasteiger partial charge < -0.3 is 10.4 Å². The van der Waals surface area contributed by atoms with Crippen molar-refractivity contribution < 1.29 is 5.11 Å². The molecule has 16 heavy (non-hydrogen) atoms. The van der Waals surface area contributed by atoms with Crippen LogP contribution in [0.2, 0.25) is 0 Å². The first-order valence-electron chi connectivity index (χ1n) is 6.71. The van der Waals surface area contributed by atoms with E-state index in [1.807, 2.05) is 0 Å². The summed E-state index contributed by atoms with van der Waals surface area (Å²) in [6, 6.07) is 0.657. The third-order valence-electron chi connectivity index (χ3n) is 4.15. The molecule has 0 aromatic rings. The van der Waals surface area contributed by atoms with E-state index < -0.39 is 5.60 Å². The molecule has 1 saturated heterocycles. The second-order valence-electron chi connectivity index (χ2n) is 5.67. The van der Waals surface area contributed by atoms with E-state index in [2.05, 4.69) is 24.0 Å². The van der Waals surface area contributed by atoms with Crippen molar-refractivity contribution in [2.24, 2.45) is 5.92 Å². The Morgan fingerprint density at radius 2 is 1.81 bits per heavy atom. The zero-order valence-electron chi connectivity index (χ0n) is 10.4. The first-order chi connectivity index (χ1) is 7.68. The van der Waals surface area contributed by atoms with Crippen molar-refractivity contribution in [1.82, 2.24) is 5.32 Å². The Morgan fingerprint density at radius 1 is 1.19 bits per heavy atom. The molecule has 0 aromatic carbocycles. The van der Waals surface area contributed by atoms with Gasteiger partial charge in [0.1, 0.15) is 0 Å². The van der Waals surface area contributed by atoms with Crippen LogP contribution in [0.25, 0.3) is 0 Å². The minimum atomic E-state index is -0.406. The van der Waals surface area contributed by atoms with Crippen molar-refractivity contribution in [2.45, 2.75) is 57.1 Å². The molecule has 0 spiro atoms. The van der Waals surface area contributed by atoms with E-state index in [4.69, 9.17) is 0 Å². The third kappa shape index (κ3) is 3.64. The Balaban J connectivity index is 1.71. The van der Waals surface area contributed by atoms with Crippen LogP contribution in [-0.2, 0) is 0 Å². The summed E-state index contributed by atoms with van der Waals surface area (Å²) in [4.78, 5) is 0. The van der Waals surface area contributed by atoms with Gasteiger partial charge in [-0.15, -0.1) is 0 Å². The predicted octanol–water partition coefficient (Wildman–Crippen LogP) is 2.41. The highest BCUT2D eigenvalue weighted by Gasteiger charge is 2.32. The molecular formula is C13H25NOS. The van der Waals surface area contributed by atoms with E-state index in [1.165, 1.54) is 37.2 Å². The van der Waals surface area contributed by atoms with Gasteiger partial charge in [0.2, 0.25) is 0 Å². The van der Waals surface area contributed by atoms with E-state index in [0.29, 0.717) is 6.04 Å². The molecule has 2 rings (SSSR count). The number of hydrogen-bond donors (Lipinski definition) is 2. The first-order valence-corrected chi connectivity index (χ1v) is 7.87. The lowest BCUT2D eigenvalue weighted by atomic mass is 9.79. The maximum Gasteiger partial charge on any atom is 0.0771 e. The van der Waals surface area contributed by atoms with Crippen molar-refractivity contribution in [3.05, 3.63) is 0 Å². The minimum absolute atomic E-state index is 0.406. The van der Waals surface area contributed by atoms with E-state index in [0.717, 1.165) is 25.3 Å². The molecule has 3 heteroatoms. The topological polar surface area (TPSA) is 32.3 Å². The average molecular weight is 243 g/mol. The fourth-order valence-electron chi connectivity index (χ4n) is 2.71. The van der Waals surface area contributed by atoms with Gasteiger partial charge in [-0.05, 0) is 55.9 Å². The summed E-state index contributed by atoms with van der Waals surface area (Å²) in [5.41, 5.74) is -0.406. The summed E-state index contributed by atoms with van der Waals surface area (Å²) < 4.78 is 0. The van der Waals surface area contributed by atoms with Crippen molar-refractivity contribution in [3.63, 3.8) is 0 Å². The Bertz CT molecular complexity index is 208. The van der Waals surface area contributed by atoms with Gasteiger partial charge in [0.25, 0.3) is 0 Å². The molecule has 2 aliphatic rings. The van der Waals surface area contributed by atoms with Gasteiger partial charge in [0.05, 0.1) is 5.60 Å². The van der Waals surface area contributed by atoms with Gasteiger partial charge >= 0.3 is 0 Å². The quantitative estimate of drug-likeness (QED) is 0.798. The summed E-state index contributed by atoms with van der Waals surface area (Å²) in [6.45, 7) is 3.11. The number of aliphatic hydroxyl groups is 1. The Morgan fingerprint density at radius 3 is 2.44 bits per heavy atom. The van der Waals surface area contributed by atoms with E-state index in [-0.39, 0.29) is 0 Å². The number of nitrogens with one attached hydrogen (secondary N) is 1. The molecule has 94 valence electrons. The van der Waals surface area contributed by atoms with Crippen LogP contribution >= 0.6 is 11.8 Å². The highest BCUT2D eigenvalue weighted by Crippen LogP contribution is 2.31. The van der Waals surface area contributed by atoms with Crippen LogP contribution in [0.1, 0.15) is 45.4 Å². The summed E-state index contributed by atoms with van der Waals surface area (Å²) in [6.07, 6.45) is 6.91. The average Bonchev–Trinajstić information content (AvgIpc) is 2.33. The Hall–Kier alpha value is 0.270. The van der Waals surface area contributed by atoms with Gasteiger partial charge in [-0.2, -0.15) is 11.8 Å². The van der Waals surface area contributed by atoms with Crippen LogP contribution in [0.3, 0.4) is 0 Å². The predicted molar refractivity (Wildman–Crippen MR) is 70.9 cm³/mol. The molecule has 0 unspecified atom stereocenters. The van der Waals surface area contributed by atoms with Crippen LogP contribution in [-0.4, -0.2) is 34.8 Å². The first kappa shape index (κ1) is 12.7. The molecule has 1 aliphatic heterocycles. The fourth-order valence-corrected chi connectivity index (χ4v) is 3.82. The zero-order valence-corrected chi connectivity index (χ0v) is 11.2. The van der Waals surface area contributed by atoms with Gasteiger partial charge in [0, 0.05) is 12.6 Å². The number of rotatable bonds is 3. The molecule has 0 amide bonds. The molecule has 2 nitrogen and oxygen atoms in total. The Kier molecular flexibility index (Phi) is 4.57. The maximum absolute atomic E-state index is 10.5. The largest absolute Gasteiger partial charge is 0.389 e. The van der Waals surface area contributed by atoms with Gasteiger partial charge in [-0.1, -0.05) is 6.92 Å². The maximum atomic E-state index is 10.5. The van der Waals surface area contributed by atoms with Crippen LogP contribution in [0, 0.1) is 5.92 Å². The lowest BCUT2D eigenvalue weighted by Gasteiger charge is -2.36. The van der Waals surface area contributed by atoms with Gasteiger partial charge in [0.15, 0.2) is 0 Å². The Labute approximate surface area is 104 Å². The van der Waals surface area contributed by atoms with E-state index in [9.17, 15) is 5.11 Å². The summed E-state index contributed by atoms with van der Waals surface area (Å²) in [7, 11) is 0. The van der Waals surface area contributed by atoms with Crippen LogP contribution < -0.4 is 5.32 Å². The van der Waals surface area contributed by atoms with Gasteiger partial charge in [-0.3, -0.25) is 0 Å². The van der Waals surface area contributed by atoms with E-state index in [1.54, 1.807) is 0 Å².